The first-order valence-corrected chi connectivity index (χ1v) is 12.6. The van der Waals surface area contributed by atoms with Gasteiger partial charge in [-0.2, -0.15) is 0 Å². The third-order valence-electron chi connectivity index (χ3n) is 7.81. The molecular weight excluding hydrogens is 430 g/mol. The van der Waals surface area contributed by atoms with E-state index in [2.05, 4.69) is 58.8 Å². The van der Waals surface area contributed by atoms with Gasteiger partial charge in [0.25, 0.3) is 0 Å². The number of hydrogen-bond acceptors (Lipinski definition) is 3. The minimum absolute atomic E-state index is 0.0247. The molecule has 1 aliphatic heterocycles. The van der Waals surface area contributed by atoms with Crippen LogP contribution in [0.2, 0.25) is 0 Å². The van der Waals surface area contributed by atoms with E-state index < -0.39 is 0 Å². The smallest absolute Gasteiger partial charge is 0.187 e. The van der Waals surface area contributed by atoms with Crippen molar-refractivity contribution in [3.63, 3.8) is 0 Å². The van der Waals surface area contributed by atoms with Gasteiger partial charge in [-0.25, -0.2) is 0 Å². The van der Waals surface area contributed by atoms with Crippen molar-refractivity contribution in [2.24, 2.45) is 5.92 Å². The van der Waals surface area contributed by atoms with Gasteiger partial charge in [-0.3, -0.25) is 4.79 Å². The van der Waals surface area contributed by atoms with E-state index in [1.165, 1.54) is 22.0 Å². The molecule has 4 heteroatoms. The third-order valence-corrected chi connectivity index (χ3v) is 7.81. The van der Waals surface area contributed by atoms with Crippen LogP contribution in [0.3, 0.4) is 0 Å². The number of carbonyl (C=O) groups is 1. The van der Waals surface area contributed by atoms with Gasteiger partial charge in [0, 0.05) is 59.5 Å². The molecule has 6 rings (SSSR count). The van der Waals surface area contributed by atoms with Gasteiger partial charge in [0.2, 0.25) is 0 Å². The number of piperidine rings is 1. The average molecular weight is 462 g/mol. The normalized spacial score (nSPS) is 22.1. The lowest BCUT2D eigenvalue weighted by molar-refractivity contribution is 0.104. The minimum Gasteiger partial charge on any atom is -0.384 e. The van der Waals surface area contributed by atoms with Crippen molar-refractivity contribution < 1.29 is 4.79 Å². The predicted molar refractivity (Wildman–Crippen MR) is 142 cm³/mol. The Bertz CT molecular complexity index is 1370. The summed E-state index contributed by atoms with van der Waals surface area (Å²) in [7, 11) is 2.27. The molecule has 4 nitrogen and oxygen atoms in total. The molecule has 176 valence electrons. The summed E-state index contributed by atoms with van der Waals surface area (Å²) in [6.45, 7) is 1.89. The zero-order valence-electron chi connectivity index (χ0n) is 20.1. The predicted octanol–water partition coefficient (Wildman–Crippen LogP) is 5.64. The van der Waals surface area contributed by atoms with Crippen LogP contribution in [0, 0.1) is 5.92 Å². The fraction of sp³-hybridized carbons (Fsp3) is 0.258. The maximum absolute atomic E-state index is 13.0. The van der Waals surface area contributed by atoms with Gasteiger partial charge in [-0.15, -0.1) is 0 Å². The fourth-order valence-electron chi connectivity index (χ4n) is 6.13. The Morgan fingerprint density at radius 3 is 2.51 bits per heavy atom. The summed E-state index contributed by atoms with van der Waals surface area (Å²) in [5.41, 5.74) is 6.84. The maximum Gasteiger partial charge on any atom is 0.187 e. The molecule has 1 saturated heterocycles. The zero-order chi connectivity index (χ0) is 23.8. The van der Waals surface area contributed by atoms with Crippen molar-refractivity contribution in [2.75, 3.05) is 20.1 Å². The molecule has 1 aliphatic carbocycles. The Balaban J connectivity index is 1.24. The third kappa shape index (κ3) is 4.19. The Hall–Kier alpha value is -3.63. The van der Waals surface area contributed by atoms with Crippen LogP contribution >= 0.6 is 0 Å². The van der Waals surface area contributed by atoms with Crippen LogP contribution in [-0.4, -0.2) is 41.8 Å². The van der Waals surface area contributed by atoms with Gasteiger partial charge in [-0.1, -0.05) is 72.8 Å². The molecule has 1 aromatic heterocycles. The number of H-pyrrole nitrogens is 1. The first-order chi connectivity index (χ1) is 17.2. The number of nitrogens with one attached hydrogen (secondary N) is 2. The number of likely N-dealkylation sites (N-methyl/N-ethyl adjacent to an activating group) is 1. The molecule has 1 fully saturated rings. The number of carbonyl (C=O) groups excluding carboxylic acids is 1. The molecule has 0 spiro atoms. The SMILES string of the molecule is CN1CC(CNC(=CC(=O)c2ccccc2)c2ccccc2)CC2c3cccc4[nH]cc(c34)C[C@H]21. The van der Waals surface area contributed by atoms with Crippen LogP contribution in [0.4, 0.5) is 0 Å². The fourth-order valence-corrected chi connectivity index (χ4v) is 6.13. The molecule has 2 unspecified atom stereocenters. The van der Waals surface area contributed by atoms with Crippen molar-refractivity contribution in [1.82, 2.24) is 15.2 Å². The van der Waals surface area contributed by atoms with E-state index in [0.717, 1.165) is 37.2 Å². The van der Waals surface area contributed by atoms with E-state index in [4.69, 9.17) is 0 Å². The van der Waals surface area contributed by atoms with Crippen molar-refractivity contribution in [2.45, 2.75) is 24.8 Å². The second-order valence-electron chi connectivity index (χ2n) is 10.0. The van der Waals surface area contributed by atoms with E-state index in [1.807, 2.05) is 48.5 Å². The summed E-state index contributed by atoms with van der Waals surface area (Å²) in [5.74, 6) is 1.05. The number of aromatic amines is 1. The van der Waals surface area contributed by atoms with E-state index in [9.17, 15) is 4.79 Å². The molecule has 2 heterocycles. The number of ketones is 1. The quantitative estimate of drug-likeness (QED) is 0.289. The average Bonchev–Trinajstić information content (AvgIpc) is 3.32. The molecule has 3 atom stereocenters. The lowest BCUT2D eigenvalue weighted by atomic mass is 9.72. The Morgan fingerprint density at radius 1 is 1.00 bits per heavy atom. The van der Waals surface area contributed by atoms with Gasteiger partial charge in [0.15, 0.2) is 5.78 Å². The summed E-state index contributed by atoms with van der Waals surface area (Å²) in [6, 6.07) is 26.9. The molecule has 2 aliphatic rings. The number of likely N-dealkylation sites (tertiary alicyclic amines) is 1. The number of nitrogens with zero attached hydrogens (tertiary/aromatic N) is 1. The Morgan fingerprint density at radius 2 is 1.74 bits per heavy atom. The molecule has 2 N–H and O–H groups in total. The maximum atomic E-state index is 13.0. The first kappa shape index (κ1) is 21.9. The highest BCUT2D eigenvalue weighted by molar-refractivity contribution is 6.08. The number of allylic oxidation sites excluding steroid dienone is 1. The number of aromatic nitrogens is 1. The summed E-state index contributed by atoms with van der Waals surface area (Å²) in [5, 5.41) is 5.11. The summed E-state index contributed by atoms with van der Waals surface area (Å²) in [4.78, 5) is 19.0. The number of fused-ring (bicyclic) bond motifs is 2. The molecule has 0 bridgehead atoms. The van der Waals surface area contributed by atoms with Crippen molar-refractivity contribution in [3.05, 3.63) is 113 Å². The van der Waals surface area contributed by atoms with Gasteiger partial charge in [0.05, 0.1) is 0 Å². The van der Waals surface area contributed by atoms with Crippen molar-refractivity contribution >= 4 is 22.4 Å². The van der Waals surface area contributed by atoms with E-state index in [1.54, 1.807) is 6.08 Å². The minimum atomic E-state index is 0.0247. The molecule has 3 aromatic carbocycles. The largest absolute Gasteiger partial charge is 0.384 e. The van der Waals surface area contributed by atoms with Crippen molar-refractivity contribution in [1.29, 1.82) is 0 Å². The molecular formula is C31H31N3O. The molecule has 35 heavy (non-hydrogen) atoms. The second kappa shape index (κ2) is 9.20. The number of rotatable bonds is 6. The highest BCUT2D eigenvalue weighted by atomic mass is 16.1. The summed E-state index contributed by atoms with van der Waals surface area (Å²) >= 11 is 0. The van der Waals surface area contributed by atoms with Gasteiger partial charge >= 0.3 is 0 Å². The first-order valence-electron chi connectivity index (χ1n) is 12.6. The number of hydrogen-bond donors (Lipinski definition) is 2. The van der Waals surface area contributed by atoms with Crippen LogP contribution in [0.15, 0.2) is 91.1 Å². The van der Waals surface area contributed by atoms with Crippen LogP contribution < -0.4 is 5.32 Å². The van der Waals surface area contributed by atoms with E-state index >= 15 is 0 Å². The molecule has 4 aromatic rings. The monoisotopic (exact) mass is 461 g/mol. The van der Waals surface area contributed by atoms with Crippen LogP contribution in [-0.2, 0) is 6.42 Å². The van der Waals surface area contributed by atoms with Crippen LogP contribution in [0.25, 0.3) is 16.6 Å². The standard InChI is InChI=1S/C31H31N3O/c1-34-20-21(15-26-25-13-8-14-27-31(25)24(19-33-27)16-29(26)34)18-32-28(22-9-4-2-5-10-22)17-30(35)23-11-6-3-7-12-23/h2-14,17,19,21,26,29,32-33H,15-16,18,20H2,1H3/t21?,26?,29-/m1/s1. The Kier molecular flexibility index (Phi) is 5.75. The van der Waals surface area contributed by atoms with Crippen molar-refractivity contribution in [3.8, 4) is 0 Å². The van der Waals surface area contributed by atoms with Gasteiger partial charge in [-0.05, 0) is 48.6 Å². The van der Waals surface area contributed by atoms with Crippen LogP contribution in [0.5, 0.6) is 0 Å². The van der Waals surface area contributed by atoms with E-state index in [0.29, 0.717) is 23.4 Å². The zero-order valence-corrected chi connectivity index (χ0v) is 20.1. The van der Waals surface area contributed by atoms with E-state index in [-0.39, 0.29) is 5.78 Å². The molecule has 0 radical (unpaired) electrons. The lowest BCUT2D eigenvalue weighted by Crippen LogP contribution is -2.49. The molecule has 0 amide bonds. The topological polar surface area (TPSA) is 48.1 Å². The highest BCUT2D eigenvalue weighted by Gasteiger charge is 2.39. The highest BCUT2D eigenvalue weighted by Crippen LogP contribution is 2.44. The summed E-state index contributed by atoms with van der Waals surface area (Å²) < 4.78 is 0. The Labute approximate surface area is 206 Å². The summed E-state index contributed by atoms with van der Waals surface area (Å²) in [6.07, 6.45) is 6.22. The van der Waals surface area contributed by atoms with Gasteiger partial charge in [0.1, 0.15) is 0 Å². The molecule has 0 saturated carbocycles. The number of benzene rings is 3. The lowest BCUT2D eigenvalue weighted by Gasteiger charge is -2.45. The van der Waals surface area contributed by atoms with Crippen LogP contribution in [0.1, 0.15) is 39.4 Å². The van der Waals surface area contributed by atoms with Gasteiger partial charge < -0.3 is 15.2 Å². The second-order valence-corrected chi connectivity index (χ2v) is 10.0.